The maximum absolute atomic E-state index is 14.2. The van der Waals surface area contributed by atoms with Gasteiger partial charge in [-0.1, -0.05) is 6.07 Å². The van der Waals surface area contributed by atoms with Crippen LogP contribution in [0.2, 0.25) is 0 Å². The van der Waals surface area contributed by atoms with Gasteiger partial charge < -0.3 is 10.0 Å². The molecule has 33 heavy (non-hydrogen) atoms. The highest BCUT2D eigenvalue weighted by Crippen LogP contribution is 2.46. The second-order valence-electron chi connectivity index (χ2n) is 8.20. The first-order valence-corrected chi connectivity index (χ1v) is 10.3. The Balaban J connectivity index is 1.81. The van der Waals surface area contributed by atoms with Gasteiger partial charge >= 0.3 is 0 Å². The minimum absolute atomic E-state index is 0.107. The lowest BCUT2D eigenvalue weighted by molar-refractivity contribution is 0.0564. The lowest BCUT2D eigenvalue weighted by atomic mass is 9.79. The number of benzene rings is 2. The van der Waals surface area contributed by atoms with Crippen molar-refractivity contribution in [3.63, 3.8) is 0 Å². The van der Waals surface area contributed by atoms with Crippen LogP contribution >= 0.6 is 0 Å². The Bertz CT molecular complexity index is 1320. The fraction of sp³-hybridized carbons (Fsp3) is 0.261. The fourth-order valence-corrected chi connectivity index (χ4v) is 4.99. The Morgan fingerprint density at radius 2 is 1.70 bits per heavy atom. The zero-order chi connectivity index (χ0) is 23.4. The summed E-state index contributed by atoms with van der Waals surface area (Å²) in [6.07, 6.45) is 1.95. The molecule has 3 aromatic rings. The van der Waals surface area contributed by atoms with Crippen LogP contribution in [-0.2, 0) is 0 Å². The summed E-state index contributed by atoms with van der Waals surface area (Å²) in [6.45, 7) is 0.338. The number of fused-ring (bicyclic) bond motifs is 2. The van der Waals surface area contributed by atoms with Gasteiger partial charge in [0.25, 0.3) is 5.91 Å². The number of carbonyl (C=O) groups excluding carboxylic acids is 1. The summed E-state index contributed by atoms with van der Waals surface area (Å²) in [7, 11) is 0. The van der Waals surface area contributed by atoms with Gasteiger partial charge in [0.05, 0.1) is 18.3 Å². The summed E-state index contributed by atoms with van der Waals surface area (Å²) < 4.78 is 57.5. The molecule has 170 valence electrons. The fourth-order valence-electron chi connectivity index (χ4n) is 4.99. The number of nitrogens with zero attached hydrogens (tertiary/aromatic N) is 3. The molecule has 3 atom stereocenters. The van der Waals surface area contributed by atoms with Crippen LogP contribution in [0.4, 0.5) is 17.6 Å². The van der Waals surface area contributed by atoms with E-state index in [2.05, 4.69) is 5.10 Å². The summed E-state index contributed by atoms with van der Waals surface area (Å²) in [6, 6.07) is 4.59. The average molecular weight is 459 g/mol. The van der Waals surface area contributed by atoms with Crippen LogP contribution in [0.5, 0.6) is 5.75 Å². The molecule has 2 aliphatic rings. The van der Waals surface area contributed by atoms with E-state index in [1.165, 1.54) is 15.6 Å². The van der Waals surface area contributed by atoms with E-state index in [1.807, 2.05) is 0 Å². The lowest BCUT2D eigenvalue weighted by Crippen LogP contribution is -2.50. The molecule has 2 aromatic carbocycles. The largest absolute Gasteiger partial charge is 0.502 e. The second-order valence-corrected chi connectivity index (χ2v) is 8.20. The maximum atomic E-state index is 14.2. The number of amides is 1. The molecule has 2 aliphatic heterocycles. The van der Waals surface area contributed by atoms with Crippen LogP contribution in [0.1, 0.15) is 46.4 Å². The maximum Gasteiger partial charge on any atom is 0.276 e. The van der Waals surface area contributed by atoms with E-state index in [-0.39, 0.29) is 16.8 Å². The van der Waals surface area contributed by atoms with E-state index in [1.54, 1.807) is 0 Å². The van der Waals surface area contributed by atoms with E-state index >= 15 is 0 Å². The summed E-state index contributed by atoms with van der Waals surface area (Å²) >= 11 is 0. The first kappa shape index (κ1) is 21.2. The quantitative estimate of drug-likeness (QED) is 0.609. The number of hydrogen-bond acceptors (Lipinski definition) is 4. The van der Waals surface area contributed by atoms with Gasteiger partial charge in [-0.05, 0) is 48.2 Å². The molecule has 0 bridgehead atoms. The van der Waals surface area contributed by atoms with Crippen molar-refractivity contribution in [2.45, 2.75) is 30.8 Å². The molecule has 6 nitrogen and oxygen atoms in total. The van der Waals surface area contributed by atoms with Crippen molar-refractivity contribution in [1.82, 2.24) is 14.7 Å². The molecule has 10 heteroatoms. The molecule has 1 N–H and O–H groups in total. The summed E-state index contributed by atoms with van der Waals surface area (Å²) in [5.74, 6) is -6.36. The van der Waals surface area contributed by atoms with Crippen LogP contribution in [0.25, 0.3) is 0 Å². The van der Waals surface area contributed by atoms with Crippen molar-refractivity contribution in [2.75, 3.05) is 6.54 Å². The van der Waals surface area contributed by atoms with E-state index in [0.29, 0.717) is 25.5 Å². The third-order valence-electron chi connectivity index (χ3n) is 6.31. The van der Waals surface area contributed by atoms with Gasteiger partial charge in [0.15, 0.2) is 23.1 Å². The highest BCUT2D eigenvalue weighted by Gasteiger charge is 2.48. The Hall–Kier alpha value is -3.69. The molecule has 0 spiro atoms. The number of aromatic nitrogens is 2. The van der Waals surface area contributed by atoms with Crippen molar-refractivity contribution in [1.29, 1.82) is 0 Å². The number of aromatic hydroxyl groups is 1. The van der Waals surface area contributed by atoms with E-state index in [4.69, 9.17) is 0 Å². The Morgan fingerprint density at radius 3 is 2.39 bits per heavy atom. The van der Waals surface area contributed by atoms with Crippen molar-refractivity contribution in [3.05, 3.63) is 92.9 Å². The highest BCUT2D eigenvalue weighted by atomic mass is 19.2. The first-order valence-electron chi connectivity index (χ1n) is 10.3. The molecule has 1 saturated heterocycles. The summed E-state index contributed by atoms with van der Waals surface area (Å²) in [4.78, 5) is 26.6. The van der Waals surface area contributed by atoms with Crippen molar-refractivity contribution < 1.29 is 27.5 Å². The number of halogens is 4. The number of rotatable bonds is 3. The molecule has 0 aliphatic carbocycles. The van der Waals surface area contributed by atoms with Crippen molar-refractivity contribution >= 4 is 5.91 Å². The third kappa shape index (κ3) is 3.37. The SMILES string of the molecule is O=C1c2c(O)c(=O)cnn2[C@@H]([C@H](c2cc(F)cc(F)c2)c2ccc(F)c(F)c2)[C@H]2CCCN12. The van der Waals surface area contributed by atoms with Crippen LogP contribution in [-0.4, -0.2) is 38.3 Å². The molecular formula is C23H17F4N3O3. The lowest BCUT2D eigenvalue weighted by Gasteiger charge is -2.42. The number of carbonyl (C=O) groups is 1. The molecule has 0 unspecified atom stereocenters. The standard InChI is InChI=1S/C23H17F4N3O3/c24-13-6-12(7-14(25)9-13)19(11-3-4-15(26)16(27)8-11)20-17-2-1-5-29(17)23(33)21-22(32)18(31)10-28-30(20)21/h3-4,6-10,17,19-20,32H,1-2,5H2/t17-,19+,20-/m1/s1. The van der Waals surface area contributed by atoms with E-state index < -0.39 is 58.4 Å². The Labute approximate surface area is 184 Å². The second kappa shape index (κ2) is 7.72. The van der Waals surface area contributed by atoms with Gasteiger partial charge in [0.1, 0.15) is 11.6 Å². The van der Waals surface area contributed by atoms with Crippen LogP contribution in [0, 0.1) is 23.3 Å². The molecular weight excluding hydrogens is 442 g/mol. The topological polar surface area (TPSA) is 75.4 Å². The Morgan fingerprint density at radius 1 is 0.970 bits per heavy atom. The molecule has 1 amide bonds. The molecule has 5 rings (SSSR count). The molecule has 1 fully saturated rings. The van der Waals surface area contributed by atoms with E-state index in [9.17, 15) is 32.3 Å². The van der Waals surface area contributed by atoms with Crippen LogP contribution in [0.3, 0.4) is 0 Å². The van der Waals surface area contributed by atoms with Gasteiger partial charge in [-0.3, -0.25) is 14.3 Å². The molecule has 0 radical (unpaired) electrons. The first-order chi connectivity index (χ1) is 15.8. The zero-order valence-electron chi connectivity index (χ0n) is 17.0. The molecule has 1 aromatic heterocycles. The average Bonchev–Trinajstić information content (AvgIpc) is 3.25. The van der Waals surface area contributed by atoms with Crippen LogP contribution < -0.4 is 5.43 Å². The van der Waals surface area contributed by atoms with Crippen molar-refractivity contribution in [3.8, 4) is 5.75 Å². The minimum atomic E-state index is -1.15. The third-order valence-corrected chi connectivity index (χ3v) is 6.31. The summed E-state index contributed by atoms with van der Waals surface area (Å²) in [5, 5.41) is 14.5. The monoisotopic (exact) mass is 459 g/mol. The minimum Gasteiger partial charge on any atom is -0.502 e. The Kier molecular flexibility index (Phi) is 4.95. The van der Waals surface area contributed by atoms with E-state index in [0.717, 1.165) is 30.5 Å². The normalized spacial score (nSPS) is 20.5. The van der Waals surface area contributed by atoms with Gasteiger partial charge in [-0.15, -0.1) is 0 Å². The van der Waals surface area contributed by atoms with Gasteiger partial charge in [-0.2, -0.15) is 5.10 Å². The van der Waals surface area contributed by atoms with Crippen molar-refractivity contribution in [2.24, 2.45) is 0 Å². The summed E-state index contributed by atoms with van der Waals surface area (Å²) in [5.41, 5.74) is -0.908. The molecule has 0 saturated carbocycles. The predicted octanol–water partition coefficient (Wildman–Crippen LogP) is 3.50. The van der Waals surface area contributed by atoms with Gasteiger partial charge in [0.2, 0.25) is 5.43 Å². The molecule has 3 heterocycles. The highest BCUT2D eigenvalue weighted by molar-refractivity contribution is 5.96. The number of hydrogen-bond donors (Lipinski definition) is 1. The van der Waals surface area contributed by atoms with Gasteiger partial charge in [0, 0.05) is 18.5 Å². The predicted molar refractivity (Wildman–Crippen MR) is 108 cm³/mol. The van der Waals surface area contributed by atoms with Gasteiger partial charge in [-0.25, -0.2) is 17.6 Å². The smallest absolute Gasteiger partial charge is 0.276 e. The van der Waals surface area contributed by atoms with Crippen LogP contribution in [0.15, 0.2) is 47.4 Å². The zero-order valence-corrected chi connectivity index (χ0v) is 17.0.